The molecule has 2 aliphatic carbocycles. The number of fused-ring (bicyclic) bond motifs is 9. The van der Waals surface area contributed by atoms with E-state index in [1.807, 2.05) is 0 Å². The summed E-state index contributed by atoms with van der Waals surface area (Å²) in [6.45, 7) is 0. The lowest BCUT2D eigenvalue weighted by Crippen LogP contribution is -2.42. The Morgan fingerprint density at radius 2 is 1.90 bits per heavy atom. The molecule has 9 nitrogen and oxygen atoms in total. The molecule has 2 aliphatic heterocycles. The van der Waals surface area contributed by atoms with Gasteiger partial charge in [0, 0.05) is 33.7 Å². The van der Waals surface area contributed by atoms with Crippen molar-refractivity contribution in [3.63, 3.8) is 0 Å². The lowest BCUT2D eigenvalue weighted by atomic mass is 9.68. The first kappa shape index (κ1) is 18.1. The molecule has 1 aromatic heterocycles. The second-order valence-electron chi connectivity index (χ2n) is 8.20. The molecule has 11 heteroatoms. The summed E-state index contributed by atoms with van der Waals surface area (Å²) in [6, 6.07) is 3.88. The van der Waals surface area contributed by atoms with Gasteiger partial charge in [-0.3, -0.25) is 24.5 Å². The molecule has 2 aromatic rings. The Morgan fingerprint density at radius 1 is 1.17 bits per heavy atom. The summed E-state index contributed by atoms with van der Waals surface area (Å²) in [4.78, 5) is 50.9. The zero-order valence-corrected chi connectivity index (χ0v) is 16.8. The molecule has 0 unspecified atom stereocenters. The number of carbonyl (C=O) groups is 2. The molecule has 7 atom stereocenters. The standard InChI is InChI=1S/C19H14N2O7S2/c22-9-2-1-5(21(26)27)3-6(9)10-11-7-4-8(13-12(7)17(23)28-18(13)24)14(11)29-16-15(10)30-19(25)20-16/h1-3,7-8,10-14,22H,4H2,(H,20,25)/t7-,8+,10+,11+,12+,13-,14-/m0/s1. The third-order valence-electron chi connectivity index (χ3n) is 7.02. The summed E-state index contributed by atoms with van der Waals surface area (Å²) >= 11 is 2.52. The fourth-order valence-electron chi connectivity index (χ4n) is 6.07. The Labute approximate surface area is 176 Å². The third-order valence-corrected chi connectivity index (χ3v) is 9.60. The number of thiazole rings is 1. The zero-order valence-electron chi connectivity index (χ0n) is 15.1. The second-order valence-corrected chi connectivity index (χ2v) is 10.4. The van der Waals surface area contributed by atoms with Gasteiger partial charge in [0.05, 0.1) is 21.8 Å². The van der Waals surface area contributed by atoms with Crippen LogP contribution in [-0.4, -0.2) is 32.2 Å². The smallest absolute Gasteiger partial charge is 0.317 e. The lowest BCUT2D eigenvalue weighted by molar-refractivity contribution is -0.385. The first-order valence-electron chi connectivity index (χ1n) is 9.47. The van der Waals surface area contributed by atoms with E-state index < -0.39 is 34.6 Å². The summed E-state index contributed by atoms with van der Waals surface area (Å²) in [6.07, 6.45) is 0.684. The van der Waals surface area contributed by atoms with Gasteiger partial charge in [-0.2, -0.15) is 0 Å². The van der Waals surface area contributed by atoms with Crippen LogP contribution in [0.3, 0.4) is 0 Å². The molecule has 0 amide bonds. The van der Waals surface area contributed by atoms with Crippen LogP contribution in [0, 0.1) is 39.7 Å². The second kappa shape index (κ2) is 5.94. The molecule has 3 fully saturated rings. The van der Waals surface area contributed by atoms with Crippen molar-refractivity contribution in [3.05, 3.63) is 48.4 Å². The third kappa shape index (κ3) is 2.21. The number of aromatic nitrogens is 1. The molecule has 4 aliphatic rings. The van der Waals surface area contributed by atoms with Crippen LogP contribution in [0.1, 0.15) is 22.8 Å². The van der Waals surface area contributed by atoms with Crippen molar-refractivity contribution in [2.24, 2.45) is 29.6 Å². The van der Waals surface area contributed by atoms with Crippen molar-refractivity contribution in [2.75, 3.05) is 0 Å². The van der Waals surface area contributed by atoms with Crippen molar-refractivity contribution >= 4 is 40.7 Å². The van der Waals surface area contributed by atoms with Gasteiger partial charge in [-0.25, -0.2) is 0 Å². The van der Waals surface area contributed by atoms with Gasteiger partial charge in [0.2, 0.25) is 0 Å². The van der Waals surface area contributed by atoms with E-state index >= 15 is 0 Å². The molecule has 1 aromatic carbocycles. The largest absolute Gasteiger partial charge is 0.508 e. The van der Waals surface area contributed by atoms with E-state index in [0.29, 0.717) is 21.9 Å². The van der Waals surface area contributed by atoms with E-state index in [0.717, 1.165) is 11.3 Å². The van der Waals surface area contributed by atoms with Crippen LogP contribution in [0.15, 0.2) is 28.0 Å². The fraction of sp³-hybridized carbons (Fsp3) is 0.421. The number of nitro groups is 1. The maximum Gasteiger partial charge on any atom is 0.317 e. The van der Waals surface area contributed by atoms with Crippen molar-refractivity contribution < 1.29 is 24.4 Å². The Bertz CT molecular complexity index is 1200. The number of nitrogens with zero attached hydrogens (tertiary/aromatic N) is 1. The van der Waals surface area contributed by atoms with Gasteiger partial charge in [0.1, 0.15) is 5.75 Å². The number of H-pyrrole nitrogens is 1. The molecular weight excluding hydrogens is 432 g/mol. The van der Waals surface area contributed by atoms with Crippen LogP contribution in [0.4, 0.5) is 5.69 Å². The molecule has 3 heterocycles. The predicted molar refractivity (Wildman–Crippen MR) is 104 cm³/mol. The van der Waals surface area contributed by atoms with Crippen LogP contribution in [0.5, 0.6) is 5.75 Å². The molecule has 2 bridgehead atoms. The number of thioether (sulfide) groups is 1. The van der Waals surface area contributed by atoms with Gasteiger partial charge in [-0.15, -0.1) is 11.8 Å². The Hall–Kier alpha value is -2.66. The van der Waals surface area contributed by atoms with Crippen LogP contribution >= 0.6 is 23.1 Å². The van der Waals surface area contributed by atoms with Crippen LogP contribution in [0.2, 0.25) is 0 Å². The molecule has 0 radical (unpaired) electrons. The normalized spacial score (nSPS) is 35.7. The van der Waals surface area contributed by atoms with Crippen LogP contribution < -0.4 is 4.87 Å². The van der Waals surface area contributed by atoms with Gasteiger partial charge in [-0.05, 0) is 30.2 Å². The van der Waals surface area contributed by atoms with Crippen LogP contribution in [0.25, 0.3) is 0 Å². The molecular formula is C19H14N2O7S2. The maximum absolute atomic E-state index is 12.4. The first-order valence-corrected chi connectivity index (χ1v) is 11.2. The van der Waals surface area contributed by atoms with E-state index in [9.17, 15) is 29.6 Å². The summed E-state index contributed by atoms with van der Waals surface area (Å²) in [5.41, 5.74) is 0.219. The number of carbonyl (C=O) groups excluding carboxylic acids is 2. The van der Waals surface area contributed by atoms with Gasteiger partial charge in [-0.1, -0.05) is 11.3 Å². The number of aromatic amines is 1. The van der Waals surface area contributed by atoms with Crippen LogP contribution in [-0.2, 0) is 14.3 Å². The predicted octanol–water partition coefficient (Wildman–Crippen LogP) is 2.24. The number of aromatic hydroxyl groups is 1. The minimum atomic E-state index is -0.525. The molecule has 6 rings (SSSR count). The molecule has 1 saturated heterocycles. The molecule has 154 valence electrons. The number of hydrogen-bond acceptors (Lipinski definition) is 9. The number of cyclic esters (lactones) is 2. The number of rotatable bonds is 2. The summed E-state index contributed by atoms with van der Waals surface area (Å²) in [7, 11) is 0. The summed E-state index contributed by atoms with van der Waals surface area (Å²) < 4.78 is 4.93. The SMILES string of the molecule is O=C1OC(=O)[C@H]2[C@H]3C[C@H]([C@@H]12)[C@@H]1[C@@H](c2cc([N+](=O)[O-])ccc2O)c2sc(=O)[nH]c2S[C@@H]31. The first-order chi connectivity index (χ1) is 14.3. The number of non-ortho nitro benzene ring substituents is 1. The monoisotopic (exact) mass is 446 g/mol. The number of esters is 2. The topological polar surface area (TPSA) is 140 Å². The van der Waals surface area contributed by atoms with Crippen molar-refractivity contribution in [2.45, 2.75) is 22.6 Å². The lowest BCUT2D eigenvalue weighted by Gasteiger charge is -2.42. The highest BCUT2D eigenvalue weighted by molar-refractivity contribution is 8.00. The number of nitrogens with one attached hydrogen (secondary N) is 1. The Morgan fingerprint density at radius 3 is 2.63 bits per heavy atom. The van der Waals surface area contributed by atoms with E-state index in [-0.39, 0.29) is 39.3 Å². The summed E-state index contributed by atoms with van der Waals surface area (Å²) in [5.74, 6) is -2.91. The van der Waals surface area contributed by atoms with E-state index in [4.69, 9.17) is 4.74 Å². The molecule has 2 saturated carbocycles. The zero-order chi connectivity index (χ0) is 20.9. The van der Waals surface area contributed by atoms with E-state index in [2.05, 4.69) is 4.98 Å². The van der Waals surface area contributed by atoms with Gasteiger partial charge < -0.3 is 14.8 Å². The fourth-order valence-corrected chi connectivity index (χ4v) is 8.95. The minimum Gasteiger partial charge on any atom is -0.508 e. The average Bonchev–Trinajstić information content (AvgIpc) is 3.41. The van der Waals surface area contributed by atoms with Gasteiger partial charge in [0.25, 0.3) is 5.69 Å². The quantitative estimate of drug-likeness (QED) is 0.310. The molecule has 2 N–H and O–H groups in total. The average molecular weight is 446 g/mol. The van der Waals surface area contributed by atoms with Gasteiger partial charge >= 0.3 is 16.8 Å². The number of nitro benzene ring substituents is 1. The Kier molecular flexibility index (Phi) is 3.59. The van der Waals surface area contributed by atoms with Crippen molar-refractivity contribution in [3.8, 4) is 5.75 Å². The molecule has 30 heavy (non-hydrogen) atoms. The van der Waals surface area contributed by atoms with Crippen molar-refractivity contribution in [1.82, 2.24) is 4.98 Å². The van der Waals surface area contributed by atoms with E-state index in [1.165, 1.54) is 30.0 Å². The highest BCUT2D eigenvalue weighted by Gasteiger charge is 2.69. The maximum atomic E-state index is 12.4. The number of ether oxygens (including phenoxy) is 1. The highest BCUT2D eigenvalue weighted by atomic mass is 32.2. The summed E-state index contributed by atoms with van der Waals surface area (Å²) in [5, 5.41) is 22.6. The van der Waals surface area contributed by atoms with Gasteiger partial charge in [0.15, 0.2) is 0 Å². The minimum absolute atomic E-state index is 0.0592. The number of benzene rings is 1. The van der Waals surface area contributed by atoms with Crippen molar-refractivity contribution in [1.29, 1.82) is 0 Å². The number of phenols is 1. The number of hydrogen-bond donors (Lipinski definition) is 2. The van der Waals surface area contributed by atoms with E-state index in [1.54, 1.807) is 0 Å². The number of phenolic OH excluding ortho intramolecular Hbond substituents is 1. The highest BCUT2D eigenvalue weighted by Crippen LogP contribution is 2.68. The Balaban J connectivity index is 1.55. The molecule has 0 spiro atoms.